The topological polar surface area (TPSA) is 76.7 Å². The molecule has 0 radical (unpaired) electrons. The highest BCUT2D eigenvalue weighted by Crippen LogP contribution is 2.18. The zero-order valence-electron chi connectivity index (χ0n) is 13.5. The second-order valence-corrected chi connectivity index (χ2v) is 5.72. The van der Waals surface area contributed by atoms with Crippen LogP contribution in [0.1, 0.15) is 26.7 Å². The largest absolute Gasteiger partial charge is 0.493 e. The standard InChI is InChI=1S/C16H22N2O4S/c1-11(2)10-22-13-6-4-5-12(9-13)17-16(23)18-14(19)7-8-15(20)21-3/h4-6,9,11H,7-8,10H2,1-3H3,(H2,17,18,19,23). The number of thiocarbonyl (C=S) groups is 1. The van der Waals surface area contributed by atoms with Gasteiger partial charge in [0.1, 0.15) is 5.75 Å². The normalized spacial score (nSPS) is 10.1. The fraction of sp³-hybridized carbons (Fsp3) is 0.438. The molecule has 0 fully saturated rings. The lowest BCUT2D eigenvalue weighted by Gasteiger charge is -2.12. The summed E-state index contributed by atoms with van der Waals surface area (Å²) >= 11 is 5.07. The van der Waals surface area contributed by atoms with Crippen molar-refractivity contribution in [3.8, 4) is 5.75 Å². The van der Waals surface area contributed by atoms with Gasteiger partial charge in [-0.15, -0.1) is 0 Å². The summed E-state index contributed by atoms with van der Waals surface area (Å²) in [4.78, 5) is 22.6. The zero-order valence-corrected chi connectivity index (χ0v) is 14.4. The first-order chi connectivity index (χ1) is 10.9. The smallest absolute Gasteiger partial charge is 0.306 e. The Hall–Kier alpha value is -2.15. The molecular formula is C16H22N2O4S. The monoisotopic (exact) mass is 338 g/mol. The highest BCUT2D eigenvalue weighted by atomic mass is 32.1. The summed E-state index contributed by atoms with van der Waals surface area (Å²) in [6.45, 7) is 4.76. The first kappa shape index (κ1) is 18.9. The number of amides is 1. The average molecular weight is 338 g/mol. The van der Waals surface area contributed by atoms with Crippen LogP contribution in [0.15, 0.2) is 24.3 Å². The number of benzene rings is 1. The second kappa shape index (κ2) is 9.78. The summed E-state index contributed by atoms with van der Waals surface area (Å²) in [5.41, 5.74) is 0.713. The molecule has 126 valence electrons. The number of nitrogens with one attached hydrogen (secondary N) is 2. The van der Waals surface area contributed by atoms with Crippen molar-refractivity contribution in [3.63, 3.8) is 0 Å². The van der Waals surface area contributed by atoms with Gasteiger partial charge in [0, 0.05) is 18.2 Å². The number of methoxy groups -OCH3 is 1. The molecule has 0 saturated heterocycles. The molecule has 1 aromatic rings. The van der Waals surface area contributed by atoms with Gasteiger partial charge >= 0.3 is 5.97 Å². The van der Waals surface area contributed by atoms with Crippen molar-refractivity contribution in [2.24, 2.45) is 5.92 Å². The molecule has 2 N–H and O–H groups in total. The van der Waals surface area contributed by atoms with E-state index in [1.807, 2.05) is 18.2 Å². The minimum Gasteiger partial charge on any atom is -0.493 e. The van der Waals surface area contributed by atoms with Gasteiger partial charge in [-0.1, -0.05) is 19.9 Å². The van der Waals surface area contributed by atoms with E-state index in [4.69, 9.17) is 17.0 Å². The summed E-state index contributed by atoms with van der Waals surface area (Å²) in [7, 11) is 1.28. The molecule has 0 spiro atoms. The van der Waals surface area contributed by atoms with Crippen LogP contribution in [0.5, 0.6) is 5.75 Å². The van der Waals surface area contributed by atoms with Crippen LogP contribution in [0.25, 0.3) is 0 Å². The number of carbonyl (C=O) groups is 2. The minimum absolute atomic E-state index is 0.0173. The molecule has 0 heterocycles. The Kier molecular flexibility index (Phi) is 8.04. The third-order valence-electron chi connectivity index (χ3n) is 2.71. The highest BCUT2D eigenvalue weighted by molar-refractivity contribution is 7.80. The van der Waals surface area contributed by atoms with Crippen molar-refractivity contribution in [2.45, 2.75) is 26.7 Å². The molecule has 1 amide bonds. The van der Waals surface area contributed by atoms with E-state index in [1.165, 1.54) is 7.11 Å². The van der Waals surface area contributed by atoms with Gasteiger partial charge in [0.25, 0.3) is 0 Å². The van der Waals surface area contributed by atoms with E-state index in [-0.39, 0.29) is 23.9 Å². The second-order valence-electron chi connectivity index (χ2n) is 5.31. The third kappa shape index (κ3) is 8.15. The Morgan fingerprint density at radius 3 is 2.65 bits per heavy atom. The maximum Gasteiger partial charge on any atom is 0.306 e. The van der Waals surface area contributed by atoms with E-state index in [0.717, 1.165) is 5.75 Å². The van der Waals surface area contributed by atoms with E-state index in [1.54, 1.807) is 6.07 Å². The van der Waals surface area contributed by atoms with Crippen molar-refractivity contribution < 1.29 is 19.1 Å². The Morgan fingerprint density at radius 1 is 1.26 bits per heavy atom. The predicted molar refractivity (Wildman–Crippen MR) is 92.4 cm³/mol. The molecule has 0 bridgehead atoms. The highest BCUT2D eigenvalue weighted by Gasteiger charge is 2.09. The van der Waals surface area contributed by atoms with Gasteiger partial charge in [0.15, 0.2) is 5.11 Å². The number of hydrogen-bond donors (Lipinski definition) is 2. The molecule has 0 unspecified atom stereocenters. The van der Waals surface area contributed by atoms with Crippen LogP contribution in [0.3, 0.4) is 0 Å². The van der Waals surface area contributed by atoms with Gasteiger partial charge in [-0.05, 0) is 30.3 Å². The quantitative estimate of drug-likeness (QED) is 0.587. The molecule has 0 saturated carbocycles. The molecule has 0 aliphatic rings. The van der Waals surface area contributed by atoms with E-state index >= 15 is 0 Å². The van der Waals surface area contributed by atoms with Gasteiger partial charge in [-0.2, -0.15) is 0 Å². The van der Waals surface area contributed by atoms with Crippen molar-refractivity contribution in [3.05, 3.63) is 24.3 Å². The van der Waals surface area contributed by atoms with Gasteiger partial charge in [-0.25, -0.2) is 0 Å². The lowest BCUT2D eigenvalue weighted by atomic mass is 10.2. The number of ether oxygens (including phenoxy) is 2. The van der Waals surface area contributed by atoms with Gasteiger partial charge < -0.3 is 20.1 Å². The lowest BCUT2D eigenvalue weighted by Crippen LogP contribution is -2.34. The van der Waals surface area contributed by atoms with Crippen LogP contribution in [0, 0.1) is 5.92 Å². The molecule has 6 nitrogen and oxygen atoms in total. The van der Waals surface area contributed by atoms with Crippen molar-refractivity contribution in [1.82, 2.24) is 5.32 Å². The molecule has 23 heavy (non-hydrogen) atoms. The molecule has 7 heteroatoms. The maximum atomic E-state index is 11.6. The Balaban J connectivity index is 2.46. The first-order valence-electron chi connectivity index (χ1n) is 7.31. The number of hydrogen-bond acceptors (Lipinski definition) is 5. The number of esters is 1. The van der Waals surface area contributed by atoms with E-state index in [2.05, 4.69) is 29.2 Å². The van der Waals surface area contributed by atoms with Crippen LogP contribution >= 0.6 is 12.2 Å². The molecule has 0 atom stereocenters. The summed E-state index contributed by atoms with van der Waals surface area (Å²) < 4.78 is 10.1. The number of anilines is 1. The summed E-state index contributed by atoms with van der Waals surface area (Å²) in [6, 6.07) is 7.30. The molecule has 0 aliphatic carbocycles. The zero-order chi connectivity index (χ0) is 17.2. The Bertz CT molecular complexity index is 561. The molecule has 1 aromatic carbocycles. The van der Waals surface area contributed by atoms with Crippen molar-refractivity contribution in [1.29, 1.82) is 0 Å². The molecule has 0 aliphatic heterocycles. The van der Waals surface area contributed by atoms with Crippen molar-refractivity contribution in [2.75, 3.05) is 19.0 Å². The maximum absolute atomic E-state index is 11.6. The van der Waals surface area contributed by atoms with Crippen molar-refractivity contribution >= 4 is 34.9 Å². The number of carbonyl (C=O) groups excluding carboxylic acids is 2. The van der Waals surface area contributed by atoms with Gasteiger partial charge in [-0.3, -0.25) is 9.59 Å². The lowest BCUT2D eigenvalue weighted by molar-refractivity contribution is -0.142. The average Bonchev–Trinajstić information content (AvgIpc) is 2.50. The SMILES string of the molecule is COC(=O)CCC(=O)NC(=S)Nc1cccc(OCC(C)C)c1. The minimum atomic E-state index is -0.436. The van der Waals surface area contributed by atoms with Crippen LogP contribution < -0.4 is 15.4 Å². The summed E-state index contributed by atoms with van der Waals surface area (Å²) in [5.74, 6) is 0.374. The summed E-state index contributed by atoms with van der Waals surface area (Å²) in [6.07, 6.45) is 0.0372. The van der Waals surface area contributed by atoms with Crippen LogP contribution in [-0.2, 0) is 14.3 Å². The molecular weight excluding hydrogens is 316 g/mol. The Morgan fingerprint density at radius 2 is 2.00 bits per heavy atom. The predicted octanol–water partition coefficient (Wildman–Crippen LogP) is 2.49. The fourth-order valence-electron chi connectivity index (χ4n) is 1.60. The fourth-order valence-corrected chi connectivity index (χ4v) is 1.83. The molecule has 0 aromatic heterocycles. The molecule has 1 rings (SSSR count). The Labute approximate surface area is 141 Å². The van der Waals surface area contributed by atoms with Crippen LogP contribution in [-0.4, -0.2) is 30.7 Å². The van der Waals surface area contributed by atoms with Crippen LogP contribution in [0.4, 0.5) is 5.69 Å². The summed E-state index contributed by atoms with van der Waals surface area (Å²) in [5, 5.41) is 5.58. The third-order valence-corrected chi connectivity index (χ3v) is 2.92. The number of rotatable bonds is 7. The van der Waals surface area contributed by atoms with E-state index < -0.39 is 5.97 Å². The van der Waals surface area contributed by atoms with Gasteiger partial charge in [0.05, 0.1) is 20.1 Å². The van der Waals surface area contributed by atoms with E-state index in [9.17, 15) is 9.59 Å². The van der Waals surface area contributed by atoms with Gasteiger partial charge in [0.2, 0.25) is 5.91 Å². The van der Waals surface area contributed by atoms with Crippen LogP contribution in [0.2, 0.25) is 0 Å². The van der Waals surface area contributed by atoms with E-state index in [0.29, 0.717) is 18.2 Å². The first-order valence-corrected chi connectivity index (χ1v) is 7.72.